The van der Waals surface area contributed by atoms with Crippen LogP contribution in [0.3, 0.4) is 0 Å². The molecule has 0 spiro atoms. The smallest absolute Gasteiger partial charge is 0.250 e. The standard InChI is InChI=1S/C13H22N2O3S2/c1-5-15(6-2)13(16)12(10(3)4)14-20(17,18)11-8-7-9-19-11/h7-10,12,14H,5-6H2,1-4H3. The highest BCUT2D eigenvalue weighted by atomic mass is 32.2. The van der Waals surface area contributed by atoms with Crippen molar-refractivity contribution in [1.29, 1.82) is 0 Å². The third-order valence-corrected chi connectivity index (χ3v) is 5.89. The van der Waals surface area contributed by atoms with Crippen molar-refractivity contribution < 1.29 is 13.2 Å². The highest BCUT2D eigenvalue weighted by Crippen LogP contribution is 2.18. The van der Waals surface area contributed by atoms with E-state index in [4.69, 9.17) is 0 Å². The summed E-state index contributed by atoms with van der Waals surface area (Å²) in [4.78, 5) is 14.0. The number of nitrogens with one attached hydrogen (secondary N) is 1. The molecule has 1 aromatic rings. The summed E-state index contributed by atoms with van der Waals surface area (Å²) >= 11 is 1.14. The second-order valence-electron chi connectivity index (χ2n) is 4.79. The molecular weight excluding hydrogens is 296 g/mol. The van der Waals surface area contributed by atoms with Gasteiger partial charge in [0.15, 0.2) is 0 Å². The zero-order chi connectivity index (χ0) is 15.3. The summed E-state index contributed by atoms with van der Waals surface area (Å²) in [6.45, 7) is 8.57. The summed E-state index contributed by atoms with van der Waals surface area (Å²) in [7, 11) is -3.64. The first-order valence-electron chi connectivity index (χ1n) is 6.68. The lowest BCUT2D eigenvalue weighted by atomic mass is 10.0. The van der Waals surface area contributed by atoms with E-state index in [1.54, 1.807) is 16.3 Å². The number of nitrogens with zero attached hydrogens (tertiary/aromatic N) is 1. The van der Waals surface area contributed by atoms with E-state index in [9.17, 15) is 13.2 Å². The quantitative estimate of drug-likeness (QED) is 0.835. The monoisotopic (exact) mass is 318 g/mol. The summed E-state index contributed by atoms with van der Waals surface area (Å²) in [5, 5.41) is 1.70. The van der Waals surface area contributed by atoms with E-state index in [0.717, 1.165) is 11.3 Å². The van der Waals surface area contributed by atoms with E-state index in [1.807, 2.05) is 27.7 Å². The van der Waals surface area contributed by atoms with Gasteiger partial charge in [-0.15, -0.1) is 11.3 Å². The summed E-state index contributed by atoms with van der Waals surface area (Å²) < 4.78 is 27.2. The van der Waals surface area contributed by atoms with Gasteiger partial charge in [-0.25, -0.2) is 8.42 Å². The zero-order valence-corrected chi connectivity index (χ0v) is 13.9. The van der Waals surface area contributed by atoms with Gasteiger partial charge in [-0.1, -0.05) is 19.9 Å². The van der Waals surface area contributed by atoms with Gasteiger partial charge in [0.1, 0.15) is 10.3 Å². The Morgan fingerprint density at radius 2 is 1.95 bits per heavy atom. The first-order chi connectivity index (χ1) is 9.33. The van der Waals surface area contributed by atoms with Gasteiger partial charge >= 0.3 is 0 Å². The predicted octanol–water partition coefficient (Wildman–Crippen LogP) is 1.92. The summed E-state index contributed by atoms with van der Waals surface area (Å²) in [5.41, 5.74) is 0. The fraction of sp³-hybridized carbons (Fsp3) is 0.615. The molecule has 1 N–H and O–H groups in total. The van der Waals surface area contributed by atoms with Crippen LogP contribution in [-0.2, 0) is 14.8 Å². The normalized spacial score (nSPS) is 13.4. The van der Waals surface area contributed by atoms with E-state index in [0.29, 0.717) is 13.1 Å². The molecule has 5 nitrogen and oxygen atoms in total. The maximum Gasteiger partial charge on any atom is 0.250 e. The fourth-order valence-corrected chi connectivity index (χ4v) is 4.19. The maximum absolute atomic E-state index is 12.4. The molecule has 0 radical (unpaired) electrons. The summed E-state index contributed by atoms with van der Waals surface area (Å²) in [6.07, 6.45) is 0. The van der Waals surface area contributed by atoms with Crippen LogP contribution in [0, 0.1) is 5.92 Å². The molecule has 0 saturated carbocycles. The first-order valence-corrected chi connectivity index (χ1v) is 9.04. The van der Waals surface area contributed by atoms with Gasteiger partial charge in [0.25, 0.3) is 10.0 Å². The lowest BCUT2D eigenvalue weighted by molar-refractivity contribution is -0.133. The number of amides is 1. The Balaban J connectivity index is 2.97. The van der Waals surface area contributed by atoms with Crippen molar-refractivity contribution in [3.05, 3.63) is 17.5 Å². The van der Waals surface area contributed by atoms with Crippen molar-refractivity contribution in [3.63, 3.8) is 0 Å². The average molecular weight is 318 g/mol. The minimum atomic E-state index is -3.64. The number of likely N-dealkylation sites (N-methyl/N-ethyl adjacent to an activating group) is 1. The van der Waals surface area contributed by atoms with Gasteiger partial charge in [0, 0.05) is 13.1 Å². The Labute approximate surface area is 125 Å². The van der Waals surface area contributed by atoms with Gasteiger partial charge in [0.2, 0.25) is 5.91 Å². The largest absolute Gasteiger partial charge is 0.342 e. The topological polar surface area (TPSA) is 66.5 Å². The van der Waals surface area contributed by atoms with Crippen LogP contribution < -0.4 is 4.72 Å². The molecule has 1 aromatic heterocycles. The van der Waals surface area contributed by atoms with Crippen molar-refractivity contribution in [3.8, 4) is 0 Å². The van der Waals surface area contributed by atoms with Gasteiger partial charge in [0.05, 0.1) is 0 Å². The molecule has 0 fully saturated rings. The summed E-state index contributed by atoms with van der Waals surface area (Å²) in [6, 6.07) is 2.48. The van der Waals surface area contributed by atoms with Crippen LogP contribution in [0.5, 0.6) is 0 Å². The van der Waals surface area contributed by atoms with Gasteiger partial charge in [-0.2, -0.15) is 4.72 Å². The Kier molecular flexibility index (Phi) is 6.16. The molecule has 20 heavy (non-hydrogen) atoms. The highest BCUT2D eigenvalue weighted by Gasteiger charge is 2.30. The molecule has 1 amide bonds. The van der Waals surface area contributed by atoms with Crippen LogP contribution in [0.1, 0.15) is 27.7 Å². The Morgan fingerprint density at radius 3 is 2.35 bits per heavy atom. The fourth-order valence-electron chi connectivity index (χ4n) is 1.85. The van der Waals surface area contributed by atoms with E-state index in [2.05, 4.69) is 4.72 Å². The molecule has 0 aliphatic carbocycles. The second kappa shape index (κ2) is 7.19. The predicted molar refractivity (Wildman–Crippen MR) is 81.2 cm³/mol. The number of thiophene rings is 1. The molecule has 0 aromatic carbocycles. The van der Waals surface area contributed by atoms with Crippen LogP contribution in [0.25, 0.3) is 0 Å². The number of sulfonamides is 1. The minimum absolute atomic E-state index is 0.113. The minimum Gasteiger partial charge on any atom is -0.342 e. The third kappa shape index (κ3) is 4.04. The number of carbonyl (C=O) groups is 1. The van der Waals surface area contributed by atoms with Crippen LogP contribution in [0.15, 0.2) is 21.7 Å². The van der Waals surface area contributed by atoms with Gasteiger partial charge in [-0.3, -0.25) is 4.79 Å². The van der Waals surface area contributed by atoms with Crippen molar-refractivity contribution in [1.82, 2.24) is 9.62 Å². The maximum atomic E-state index is 12.4. The van der Waals surface area contributed by atoms with Crippen molar-refractivity contribution in [2.24, 2.45) is 5.92 Å². The zero-order valence-electron chi connectivity index (χ0n) is 12.3. The second-order valence-corrected chi connectivity index (χ2v) is 7.67. The van der Waals surface area contributed by atoms with E-state index in [-0.39, 0.29) is 16.0 Å². The van der Waals surface area contributed by atoms with Crippen molar-refractivity contribution >= 4 is 27.3 Å². The molecule has 114 valence electrons. The highest BCUT2D eigenvalue weighted by molar-refractivity contribution is 7.91. The average Bonchev–Trinajstić information content (AvgIpc) is 2.91. The van der Waals surface area contributed by atoms with E-state index >= 15 is 0 Å². The van der Waals surface area contributed by atoms with Crippen LogP contribution >= 0.6 is 11.3 Å². The SMILES string of the molecule is CCN(CC)C(=O)C(NS(=O)(=O)c1cccs1)C(C)C. The lowest BCUT2D eigenvalue weighted by Gasteiger charge is -2.27. The van der Waals surface area contributed by atoms with Crippen molar-refractivity contribution in [2.45, 2.75) is 37.9 Å². The number of rotatable bonds is 7. The van der Waals surface area contributed by atoms with Crippen LogP contribution in [0.2, 0.25) is 0 Å². The molecule has 0 aliphatic heterocycles. The van der Waals surface area contributed by atoms with Gasteiger partial charge < -0.3 is 4.90 Å². The third-order valence-electron chi connectivity index (χ3n) is 3.05. The molecule has 0 aliphatic rings. The van der Waals surface area contributed by atoms with Gasteiger partial charge in [-0.05, 0) is 31.2 Å². The molecule has 1 unspecified atom stereocenters. The Bertz CT molecular complexity index is 520. The number of hydrogen-bond donors (Lipinski definition) is 1. The molecule has 0 saturated heterocycles. The first kappa shape index (κ1) is 17.1. The molecule has 0 bridgehead atoms. The molecule has 1 rings (SSSR count). The number of carbonyl (C=O) groups excluding carboxylic acids is 1. The molecular formula is C13H22N2O3S2. The Morgan fingerprint density at radius 1 is 1.35 bits per heavy atom. The lowest BCUT2D eigenvalue weighted by Crippen LogP contribution is -2.50. The number of hydrogen-bond acceptors (Lipinski definition) is 4. The Hall–Kier alpha value is -0.920. The van der Waals surface area contributed by atoms with E-state index < -0.39 is 16.1 Å². The molecule has 1 heterocycles. The molecule has 1 atom stereocenters. The van der Waals surface area contributed by atoms with Crippen LogP contribution in [0.4, 0.5) is 0 Å². The van der Waals surface area contributed by atoms with Crippen LogP contribution in [-0.4, -0.2) is 38.4 Å². The van der Waals surface area contributed by atoms with Crippen molar-refractivity contribution in [2.75, 3.05) is 13.1 Å². The molecule has 7 heteroatoms. The van der Waals surface area contributed by atoms with E-state index in [1.165, 1.54) is 6.07 Å². The summed E-state index contributed by atoms with van der Waals surface area (Å²) in [5.74, 6) is -0.289.